The SMILES string of the molecule is O=C(CN1C(=O)c2ccccc2[C@@H]1c1c[nH]c2ccccc12)Nc1cccc(C(F)(F)F)c1. The van der Waals surface area contributed by atoms with E-state index in [0.29, 0.717) is 5.56 Å². The molecule has 1 aliphatic rings. The Balaban J connectivity index is 1.47. The Labute approximate surface area is 186 Å². The molecular weight excluding hydrogens is 431 g/mol. The lowest BCUT2D eigenvalue weighted by atomic mass is 9.97. The first-order chi connectivity index (χ1) is 15.8. The summed E-state index contributed by atoms with van der Waals surface area (Å²) in [6, 6.07) is 18.7. The number of H-pyrrole nitrogens is 1. The van der Waals surface area contributed by atoms with Gasteiger partial charge in [-0.1, -0.05) is 42.5 Å². The predicted molar refractivity (Wildman–Crippen MR) is 118 cm³/mol. The quantitative estimate of drug-likeness (QED) is 0.440. The van der Waals surface area contributed by atoms with Gasteiger partial charge in [-0.25, -0.2) is 0 Å². The number of carbonyl (C=O) groups is 2. The highest BCUT2D eigenvalue weighted by molar-refractivity contribution is 6.04. The highest BCUT2D eigenvalue weighted by atomic mass is 19.4. The van der Waals surface area contributed by atoms with Crippen LogP contribution in [0.1, 0.15) is 33.1 Å². The number of alkyl halides is 3. The van der Waals surface area contributed by atoms with Crippen molar-refractivity contribution in [1.29, 1.82) is 0 Å². The fourth-order valence-electron chi connectivity index (χ4n) is 4.32. The van der Waals surface area contributed by atoms with Crippen LogP contribution in [0.25, 0.3) is 10.9 Å². The van der Waals surface area contributed by atoms with Gasteiger partial charge in [0.1, 0.15) is 6.54 Å². The van der Waals surface area contributed by atoms with Crippen LogP contribution in [-0.2, 0) is 11.0 Å². The minimum Gasteiger partial charge on any atom is -0.361 e. The van der Waals surface area contributed by atoms with Crippen LogP contribution in [-0.4, -0.2) is 28.2 Å². The highest BCUT2D eigenvalue weighted by Crippen LogP contribution is 2.41. The number of amides is 2. The van der Waals surface area contributed by atoms with Gasteiger partial charge in [0.05, 0.1) is 11.6 Å². The summed E-state index contributed by atoms with van der Waals surface area (Å²) in [5.41, 5.74) is 2.18. The Bertz CT molecular complexity index is 1380. The van der Waals surface area contributed by atoms with Crippen molar-refractivity contribution in [3.63, 3.8) is 0 Å². The molecule has 8 heteroatoms. The van der Waals surface area contributed by atoms with Gasteiger partial charge in [-0.3, -0.25) is 9.59 Å². The van der Waals surface area contributed by atoms with Crippen LogP contribution in [0.15, 0.2) is 79.0 Å². The lowest BCUT2D eigenvalue weighted by molar-refractivity contribution is -0.137. The monoisotopic (exact) mass is 449 g/mol. The zero-order chi connectivity index (χ0) is 23.2. The zero-order valence-electron chi connectivity index (χ0n) is 17.2. The number of fused-ring (bicyclic) bond motifs is 2. The van der Waals surface area contributed by atoms with Crippen LogP contribution in [0.4, 0.5) is 18.9 Å². The van der Waals surface area contributed by atoms with E-state index in [9.17, 15) is 22.8 Å². The number of para-hydroxylation sites is 1. The number of aromatic amines is 1. The van der Waals surface area contributed by atoms with Gasteiger partial charge in [0.15, 0.2) is 0 Å². The van der Waals surface area contributed by atoms with E-state index >= 15 is 0 Å². The molecule has 33 heavy (non-hydrogen) atoms. The largest absolute Gasteiger partial charge is 0.416 e. The molecule has 0 aliphatic carbocycles. The van der Waals surface area contributed by atoms with Gasteiger partial charge >= 0.3 is 6.18 Å². The molecule has 0 bridgehead atoms. The number of aromatic nitrogens is 1. The first-order valence-corrected chi connectivity index (χ1v) is 10.3. The number of anilines is 1. The molecule has 2 amide bonds. The molecule has 2 heterocycles. The molecule has 1 atom stereocenters. The number of nitrogens with zero attached hydrogens (tertiary/aromatic N) is 1. The van der Waals surface area contributed by atoms with E-state index in [-0.39, 0.29) is 18.1 Å². The van der Waals surface area contributed by atoms with E-state index in [1.165, 1.54) is 17.0 Å². The summed E-state index contributed by atoms with van der Waals surface area (Å²) < 4.78 is 39.0. The van der Waals surface area contributed by atoms with Crippen LogP contribution < -0.4 is 5.32 Å². The second-order valence-corrected chi connectivity index (χ2v) is 7.84. The molecule has 0 fully saturated rings. The molecule has 3 aromatic carbocycles. The number of rotatable bonds is 4. The fraction of sp³-hybridized carbons (Fsp3) is 0.120. The Kier molecular flexibility index (Phi) is 4.92. The average Bonchev–Trinajstić information content (AvgIpc) is 3.33. The average molecular weight is 449 g/mol. The van der Waals surface area contributed by atoms with Crippen LogP contribution in [0, 0.1) is 0 Å². The maximum atomic E-state index is 13.2. The second kappa shape index (κ2) is 7.81. The van der Waals surface area contributed by atoms with Gasteiger partial charge in [-0.15, -0.1) is 0 Å². The molecule has 0 unspecified atom stereocenters. The molecule has 0 spiro atoms. The van der Waals surface area contributed by atoms with E-state index in [0.717, 1.165) is 34.2 Å². The summed E-state index contributed by atoms with van der Waals surface area (Å²) >= 11 is 0. The molecule has 4 aromatic rings. The molecule has 0 saturated carbocycles. The van der Waals surface area contributed by atoms with Gasteiger partial charge in [0.25, 0.3) is 5.91 Å². The zero-order valence-corrected chi connectivity index (χ0v) is 17.2. The smallest absolute Gasteiger partial charge is 0.361 e. The second-order valence-electron chi connectivity index (χ2n) is 7.84. The van der Waals surface area contributed by atoms with Crippen molar-refractivity contribution in [3.8, 4) is 0 Å². The van der Waals surface area contributed by atoms with Crippen molar-refractivity contribution >= 4 is 28.4 Å². The summed E-state index contributed by atoms with van der Waals surface area (Å²) in [6.45, 7) is -0.312. The van der Waals surface area contributed by atoms with Crippen molar-refractivity contribution in [1.82, 2.24) is 9.88 Å². The first-order valence-electron chi connectivity index (χ1n) is 10.3. The number of hydrogen-bond donors (Lipinski definition) is 2. The number of nitrogens with one attached hydrogen (secondary N) is 2. The minimum absolute atomic E-state index is 0.0163. The summed E-state index contributed by atoms with van der Waals surface area (Å²) in [7, 11) is 0. The van der Waals surface area contributed by atoms with Gasteiger partial charge in [-0.2, -0.15) is 13.2 Å². The number of carbonyl (C=O) groups excluding carboxylic acids is 2. The molecule has 5 nitrogen and oxygen atoms in total. The lowest BCUT2D eigenvalue weighted by Gasteiger charge is -2.25. The number of hydrogen-bond acceptors (Lipinski definition) is 2. The third-order valence-electron chi connectivity index (χ3n) is 5.76. The minimum atomic E-state index is -4.52. The van der Waals surface area contributed by atoms with E-state index < -0.39 is 23.7 Å². The van der Waals surface area contributed by atoms with E-state index in [1.807, 2.05) is 42.6 Å². The van der Waals surface area contributed by atoms with Crippen LogP contribution >= 0.6 is 0 Å². The van der Waals surface area contributed by atoms with E-state index in [4.69, 9.17) is 0 Å². The molecule has 0 radical (unpaired) electrons. The van der Waals surface area contributed by atoms with Crippen molar-refractivity contribution < 1.29 is 22.8 Å². The van der Waals surface area contributed by atoms with E-state index in [2.05, 4.69) is 10.3 Å². The van der Waals surface area contributed by atoms with Crippen LogP contribution in [0.2, 0.25) is 0 Å². The molecule has 2 N–H and O–H groups in total. The van der Waals surface area contributed by atoms with Crippen molar-refractivity contribution in [3.05, 3.63) is 101 Å². The maximum Gasteiger partial charge on any atom is 0.416 e. The van der Waals surface area contributed by atoms with Crippen molar-refractivity contribution in [2.24, 2.45) is 0 Å². The Morgan fingerprint density at radius 1 is 0.970 bits per heavy atom. The normalized spacial score (nSPS) is 15.7. The Hall–Kier alpha value is -4.07. The van der Waals surface area contributed by atoms with Crippen molar-refractivity contribution in [2.75, 3.05) is 11.9 Å². The molecule has 5 rings (SSSR count). The highest BCUT2D eigenvalue weighted by Gasteiger charge is 2.39. The Morgan fingerprint density at radius 3 is 2.55 bits per heavy atom. The summed E-state index contributed by atoms with van der Waals surface area (Å²) in [5.74, 6) is -0.889. The van der Waals surface area contributed by atoms with Crippen LogP contribution in [0.3, 0.4) is 0 Å². The first kappa shape index (κ1) is 20.8. The van der Waals surface area contributed by atoms with Gasteiger partial charge in [0, 0.05) is 33.9 Å². The predicted octanol–water partition coefficient (Wildman–Crippen LogP) is 5.37. The standard InChI is InChI=1S/C25H18F3N3O2/c26-25(27,28)15-6-5-7-16(12-15)30-22(32)14-31-23(18-9-1-2-10-19(18)24(31)33)20-13-29-21-11-4-3-8-17(20)21/h1-13,23,29H,14H2,(H,30,32)/t23-/m1/s1. The van der Waals surface area contributed by atoms with Gasteiger partial charge in [0.2, 0.25) is 5.91 Å². The maximum absolute atomic E-state index is 13.2. The number of benzene rings is 3. The molecular formula is C25H18F3N3O2. The number of halogens is 3. The molecule has 1 aliphatic heterocycles. The topological polar surface area (TPSA) is 65.2 Å². The van der Waals surface area contributed by atoms with E-state index in [1.54, 1.807) is 12.1 Å². The van der Waals surface area contributed by atoms with Gasteiger partial charge in [-0.05, 0) is 35.9 Å². The lowest BCUT2D eigenvalue weighted by Crippen LogP contribution is -2.36. The third-order valence-corrected chi connectivity index (χ3v) is 5.76. The summed E-state index contributed by atoms with van der Waals surface area (Å²) in [6.07, 6.45) is -2.70. The Morgan fingerprint density at radius 2 is 1.73 bits per heavy atom. The summed E-state index contributed by atoms with van der Waals surface area (Å²) in [5, 5.41) is 3.42. The summed E-state index contributed by atoms with van der Waals surface area (Å²) in [4.78, 5) is 30.7. The molecule has 1 aromatic heterocycles. The molecule has 0 saturated heterocycles. The van der Waals surface area contributed by atoms with Crippen LogP contribution in [0.5, 0.6) is 0 Å². The van der Waals surface area contributed by atoms with Gasteiger partial charge < -0.3 is 15.2 Å². The molecule has 166 valence electrons. The fourth-order valence-corrected chi connectivity index (χ4v) is 4.32. The third kappa shape index (κ3) is 3.73. The van der Waals surface area contributed by atoms with Crippen molar-refractivity contribution in [2.45, 2.75) is 12.2 Å².